The highest BCUT2D eigenvalue weighted by atomic mass is 16.6. The van der Waals surface area contributed by atoms with Crippen molar-refractivity contribution in [2.45, 2.75) is 39.7 Å². The smallest absolute Gasteiger partial charge is 0.410 e. The lowest BCUT2D eigenvalue weighted by Crippen LogP contribution is -2.51. The number of anilines is 2. The summed E-state index contributed by atoms with van der Waals surface area (Å²) in [6.07, 6.45) is 0.339. The number of ether oxygens (including phenoxy) is 2. The number of aromatic amines is 1. The average molecular weight is 434 g/mol. The van der Waals surface area contributed by atoms with E-state index >= 15 is 0 Å². The first-order valence-corrected chi connectivity index (χ1v) is 10.8. The molecule has 0 radical (unpaired) electrons. The Kier molecular flexibility index (Phi) is 5.78. The van der Waals surface area contributed by atoms with Crippen molar-refractivity contribution in [1.82, 2.24) is 24.5 Å². The highest BCUT2D eigenvalue weighted by molar-refractivity contribution is 5.68. The van der Waals surface area contributed by atoms with Crippen LogP contribution in [0.2, 0.25) is 0 Å². The van der Waals surface area contributed by atoms with Gasteiger partial charge in [0.2, 0.25) is 11.7 Å². The topological polar surface area (TPSA) is 108 Å². The molecule has 0 saturated carbocycles. The number of carbonyl (C=O) groups is 1. The molecule has 4 rings (SSSR count). The molecule has 1 amide bonds. The number of hydrogen-bond donors (Lipinski definition) is 1. The zero-order chi connectivity index (χ0) is 22.2. The molecule has 0 bridgehead atoms. The first-order valence-electron chi connectivity index (χ1n) is 10.8. The van der Waals surface area contributed by atoms with E-state index in [2.05, 4.69) is 15.1 Å². The SMILES string of the molecule is CCc1[nH]c2nc(N3CCOCC3)nn2c(=O)c1N1CCN(C(=O)OC(C)(C)C)CC1. The van der Waals surface area contributed by atoms with Crippen molar-refractivity contribution in [3.63, 3.8) is 0 Å². The normalized spacial score (nSPS) is 18.0. The molecule has 2 fully saturated rings. The molecular weight excluding hydrogens is 402 g/mol. The second-order valence-corrected chi connectivity index (χ2v) is 8.81. The number of amides is 1. The van der Waals surface area contributed by atoms with Crippen molar-refractivity contribution in [3.05, 3.63) is 16.0 Å². The van der Waals surface area contributed by atoms with Gasteiger partial charge in [0.15, 0.2) is 0 Å². The number of morpholine rings is 1. The van der Waals surface area contributed by atoms with Gasteiger partial charge >= 0.3 is 6.09 Å². The average Bonchev–Trinajstić information content (AvgIpc) is 3.18. The van der Waals surface area contributed by atoms with Crippen molar-refractivity contribution in [2.24, 2.45) is 0 Å². The third-order valence-corrected chi connectivity index (χ3v) is 5.43. The second kappa shape index (κ2) is 8.37. The summed E-state index contributed by atoms with van der Waals surface area (Å²) in [4.78, 5) is 39.3. The quantitative estimate of drug-likeness (QED) is 0.760. The van der Waals surface area contributed by atoms with Crippen LogP contribution in [0, 0.1) is 0 Å². The predicted molar refractivity (Wildman–Crippen MR) is 116 cm³/mol. The number of fused-ring (bicyclic) bond motifs is 1. The number of piperazine rings is 1. The molecule has 0 aliphatic carbocycles. The van der Waals surface area contributed by atoms with Gasteiger partial charge in [-0.05, 0) is 27.2 Å². The molecule has 0 spiro atoms. The molecule has 2 saturated heterocycles. The number of H-pyrrole nitrogens is 1. The van der Waals surface area contributed by atoms with Gasteiger partial charge in [-0.25, -0.2) is 4.79 Å². The fourth-order valence-electron chi connectivity index (χ4n) is 3.87. The molecule has 31 heavy (non-hydrogen) atoms. The van der Waals surface area contributed by atoms with Crippen molar-refractivity contribution in [1.29, 1.82) is 0 Å². The van der Waals surface area contributed by atoms with E-state index in [1.165, 1.54) is 4.52 Å². The van der Waals surface area contributed by atoms with Crippen LogP contribution in [0.3, 0.4) is 0 Å². The standard InChI is InChI=1S/C20H31N7O4/c1-5-14-15(24-6-8-26(9-7-24)19(29)31-20(2,3)4)16(28)27-17(21-14)22-18(23-27)25-10-12-30-13-11-25/h5-13H2,1-4H3,(H,21,22,23). The fraction of sp³-hybridized carbons (Fsp3) is 0.700. The van der Waals surface area contributed by atoms with E-state index in [1.807, 2.05) is 37.5 Å². The van der Waals surface area contributed by atoms with Crippen LogP contribution in [-0.2, 0) is 15.9 Å². The molecular formula is C20H31N7O4. The number of aromatic nitrogens is 4. The Balaban J connectivity index is 1.57. The van der Waals surface area contributed by atoms with Gasteiger partial charge in [-0.15, -0.1) is 5.10 Å². The number of hydrogen-bond acceptors (Lipinski definition) is 8. The van der Waals surface area contributed by atoms with Gasteiger partial charge in [0.25, 0.3) is 5.56 Å². The number of rotatable bonds is 3. The van der Waals surface area contributed by atoms with Crippen molar-refractivity contribution >= 4 is 23.5 Å². The Morgan fingerprint density at radius 1 is 1.10 bits per heavy atom. The summed E-state index contributed by atoms with van der Waals surface area (Å²) >= 11 is 0. The molecule has 2 aliphatic rings. The minimum absolute atomic E-state index is 0.191. The van der Waals surface area contributed by atoms with Crippen LogP contribution in [-0.4, -0.2) is 88.7 Å². The van der Waals surface area contributed by atoms with Crippen LogP contribution >= 0.6 is 0 Å². The first kappa shape index (κ1) is 21.4. The van der Waals surface area contributed by atoms with Crippen LogP contribution in [0.15, 0.2) is 4.79 Å². The maximum Gasteiger partial charge on any atom is 0.410 e. The molecule has 1 N–H and O–H groups in total. The van der Waals surface area contributed by atoms with E-state index in [9.17, 15) is 9.59 Å². The molecule has 4 heterocycles. The molecule has 11 heteroatoms. The summed E-state index contributed by atoms with van der Waals surface area (Å²) in [6, 6.07) is 0. The Morgan fingerprint density at radius 3 is 2.39 bits per heavy atom. The van der Waals surface area contributed by atoms with Crippen molar-refractivity contribution in [2.75, 3.05) is 62.3 Å². The second-order valence-electron chi connectivity index (χ2n) is 8.81. The van der Waals surface area contributed by atoms with Crippen LogP contribution in [0.5, 0.6) is 0 Å². The lowest BCUT2D eigenvalue weighted by Gasteiger charge is -2.36. The summed E-state index contributed by atoms with van der Waals surface area (Å²) in [6.45, 7) is 12.3. The molecule has 2 aromatic heterocycles. The van der Waals surface area contributed by atoms with Gasteiger partial charge in [-0.3, -0.25) is 4.79 Å². The molecule has 11 nitrogen and oxygen atoms in total. The molecule has 0 aromatic carbocycles. The number of nitrogens with zero attached hydrogens (tertiary/aromatic N) is 6. The van der Waals surface area contributed by atoms with E-state index in [1.54, 1.807) is 4.90 Å². The van der Waals surface area contributed by atoms with E-state index in [0.717, 1.165) is 5.69 Å². The summed E-state index contributed by atoms with van der Waals surface area (Å²) in [5, 5.41) is 4.47. The molecule has 170 valence electrons. The van der Waals surface area contributed by atoms with Gasteiger partial charge in [0.05, 0.1) is 13.2 Å². The number of nitrogens with one attached hydrogen (secondary N) is 1. The van der Waals surface area contributed by atoms with Crippen LogP contribution in [0.25, 0.3) is 5.78 Å². The predicted octanol–water partition coefficient (Wildman–Crippen LogP) is 0.874. The number of aryl methyl sites for hydroxylation is 1. The van der Waals surface area contributed by atoms with Gasteiger partial charge in [0.1, 0.15) is 11.3 Å². The lowest BCUT2D eigenvalue weighted by molar-refractivity contribution is 0.0240. The molecule has 0 atom stereocenters. The molecule has 2 aromatic rings. The Labute approximate surface area is 180 Å². The number of carbonyl (C=O) groups excluding carboxylic acids is 1. The summed E-state index contributed by atoms with van der Waals surface area (Å²) < 4.78 is 12.2. The van der Waals surface area contributed by atoms with Crippen molar-refractivity contribution in [3.8, 4) is 0 Å². The summed E-state index contributed by atoms with van der Waals surface area (Å²) in [7, 11) is 0. The van der Waals surface area contributed by atoms with Gasteiger partial charge in [-0.1, -0.05) is 6.92 Å². The van der Waals surface area contributed by atoms with Crippen LogP contribution < -0.4 is 15.4 Å². The summed E-state index contributed by atoms with van der Waals surface area (Å²) in [5.41, 5.74) is 0.696. The largest absolute Gasteiger partial charge is 0.444 e. The van der Waals surface area contributed by atoms with E-state index < -0.39 is 5.60 Å². The van der Waals surface area contributed by atoms with Crippen molar-refractivity contribution < 1.29 is 14.3 Å². The van der Waals surface area contributed by atoms with E-state index in [0.29, 0.717) is 76.3 Å². The third kappa shape index (κ3) is 4.46. The zero-order valence-corrected chi connectivity index (χ0v) is 18.7. The highest BCUT2D eigenvalue weighted by Gasteiger charge is 2.29. The maximum atomic E-state index is 13.4. The van der Waals surface area contributed by atoms with Crippen LogP contribution in [0.1, 0.15) is 33.4 Å². The Bertz CT molecular complexity index is 995. The Hall–Kier alpha value is -2.82. The monoisotopic (exact) mass is 433 g/mol. The van der Waals surface area contributed by atoms with Gasteiger partial charge in [-0.2, -0.15) is 9.50 Å². The maximum absolute atomic E-state index is 13.4. The highest BCUT2D eigenvalue weighted by Crippen LogP contribution is 2.20. The molecule has 2 aliphatic heterocycles. The third-order valence-electron chi connectivity index (χ3n) is 5.43. The Morgan fingerprint density at radius 2 is 1.77 bits per heavy atom. The van der Waals surface area contributed by atoms with E-state index in [4.69, 9.17) is 9.47 Å². The van der Waals surface area contributed by atoms with Crippen LogP contribution in [0.4, 0.5) is 16.4 Å². The minimum Gasteiger partial charge on any atom is -0.444 e. The van der Waals surface area contributed by atoms with Gasteiger partial charge in [0, 0.05) is 45.0 Å². The van der Waals surface area contributed by atoms with Gasteiger partial charge < -0.3 is 29.2 Å². The fourth-order valence-corrected chi connectivity index (χ4v) is 3.87. The summed E-state index contributed by atoms with van der Waals surface area (Å²) in [5.74, 6) is 0.977. The molecule has 0 unspecified atom stereocenters. The first-order chi connectivity index (χ1) is 14.8. The zero-order valence-electron chi connectivity index (χ0n) is 18.7. The van der Waals surface area contributed by atoms with E-state index in [-0.39, 0.29) is 11.7 Å². The minimum atomic E-state index is -0.531. The lowest BCUT2D eigenvalue weighted by atomic mass is 10.2.